The van der Waals surface area contributed by atoms with Crippen LogP contribution in [0, 0.1) is 5.92 Å². The van der Waals surface area contributed by atoms with Crippen molar-refractivity contribution in [2.45, 2.75) is 58.0 Å². The topological polar surface area (TPSA) is 78.4 Å². The predicted molar refractivity (Wildman–Crippen MR) is 120 cm³/mol. The summed E-state index contributed by atoms with van der Waals surface area (Å²) in [5, 5.41) is 15.5. The summed E-state index contributed by atoms with van der Waals surface area (Å²) in [5.41, 5.74) is 2.25. The highest BCUT2D eigenvalue weighted by atomic mass is 16.3. The number of aliphatic hydroxyl groups is 1. The number of aryl methyl sites for hydroxylation is 1. The van der Waals surface area contributed by atoms with E-state index < -0.39 is 6.04 Å². The molecule has 0 aromatic heterocycles. The Bertz CT molecular complexity index is 762. The number of benzene rings is 2. The van der Waals surface area contributed by atoms with Crippen molar-refractivity contribution in [1.29, 1.82) is 0 Å². The lowest BCUT2D eigenvalue weighted by molar-refractivity contribution is -0.130. The Morgan fingerprint density at radius 1 is 0.900 bits per heavy atom. The van der Waals surface area contributed by atoms with E-state index in [1.807, 2.05) is 62.4 Å². The summed E-state index contributed by atoms with van der Waals surface area (Å²) >= 11 is 0. The molecule has 0 unspecified atom stereocenters. The van der Waals surface area contributed by atoms with Crippen LogP contribution in [0.1, 0.15) is 44.2 Å². The molecule has 0 heterocycles. The van der Waals surface area contributed by atoms with Crippen molar-refractivity contribution in [2.75, 3.05) is 6.61 Å². The third kappa shape index (κ3) is 8.78. The molecular formula is C25H34N2O3. The first kappa shape index (κ1) is 23.6. The molecule has 0 saturated carbocycles. The Labute approximate surface area is 179 Å². The van der Waals surface area contributed by atoms with Gasteiger partial charge in [0.25, 0.3) is 0 Å². The molecular weight excluding hydrogens is 376 g/mol. The molecule has 2 rings (SSSR count). The molecule has 0 radical (unpaired) electrons. The summed E-state index contributed by atoms with van der Waals surface area (Å²) in [6.07, 6.45) is 3.05. The Morgan fingerprint density at radius 3 is 2.07 bits per heavy atom. The Morgan fingerprint density at radius 2 is 1.50 bits per heavy atom. The number of aliphatic hydroxyl groups excluding tert-OH is 1. The molecule has 0 spiro atoms. The zero-order valence-corrected chi connectivity index (χ0v) is 18.0. The Balaban J connectivity index is 1.87. The van der Waals surface area contributed by atoms with Gasteiger partial charge in [0.05, 0.1) is 12.6 Å². The van der Waals surface area contributed by atoms with Crippen LogP contribution in [0.4, 0.5) is 0 Å². The minimum absolute atomic E-state index is 0.115. The fraction of sp³-hybridized carbons (Fsp3) is 0.440. The van der Waals surface area contributed by atoms with Gasteiger partial charge in [-0.25, -0.2) is 0 Å². The highest BCUT2D eigenvalue weighted by Crippen LogP contribution is 2.09. The number of hydrogen-bond donors (Lipinski definition) is 3. The molecule has 0 saturated heterocycles. The molecule has 0 fully saturated rings. The lowest BCUT2D eigenvalue weighted by Crippen LogP contribution is -2.51. The summed E-state index contributed by atoms with van der Waals surface area (Å²) in [6.45, 7) is 3.89. The van der Waals surface area contributed by atoms with Gasteiger partial charge in [-0.05, 0) is 42.7 Å². The van der Waals surface area contributed by atoms with Crippen LogP contribution < -0.4 is 10.6 Å². The predicted octanol–water partition coefficient (Wildman–Crippen LogP) is 3.26. The zero-order chi connectivity index (χ0) is 21.8. The summed E-state index contributed by atoms with van der Waals surface area (Å²) in [5.74, 6) is -0.0995. The summed E-state index contributed by atoms with van der Waals surface area (Å²) < 4.78 is 0. The normalized spacial score (nSPS) is 12.9. The van der Waals surface area contributed by atoms with Gasteiger partial charge in [0, 0.05) is 6.42 Å². The number of carbonyl (C=O) groups is 2. The first-order valence-corrected chi connectivity index (χ1v) is 10.8. The van der Waals surface area contributed by atoms with Crippen LogP contribution in [0.5, 0.6) is 0 Å². The molecule has 162 valence electrons. The third-order valence-electron chi connectivity index (χ3n) is 4.96. The van der Waals surface area contributed by atoms with Crippen molar-refractivity contribution < 1.29 is 14.7 Å². The van der Waals surface area contributed by atoms with E-state index >= 15 is 0 Å². The van der Waals surface area contributed by atoms with Crippen molar-refractivity contribution in [3.63, 3.8) is 0 Å². The molecule has 2 aromatic carbocycles. The van der Waals surface area contributed by atoms with Crippen LogP contribution in [-0.2, 0) is 22.4 Å². The SMILES string of the molecule is CC(C)C[C@H](NC(=O)CCCc1ccccc1)C(=O)N[C@H](CO)Cc1ccccc1. The molecule has 2 aromatic rings. The summed E-state index contributed by atoms with van der Waals surface area (Å²) in [7, 11) is 0. The molecule has 3 N–H and O–H groups in total. The lowest BCUT2D eigenvalue weighted by Gasteiger charge is -2.24. The van der Waals surface area contributed by atoms with Crippen LogP contribution in [0.25, 0.3) is 0 Å². The lowest BCUT2D eigenvalue weighted by atomic mass is 10.0. The molecule has 0 aliphatic heterocycles. The fourth-order valence-electron chi connectivity index (χ4n) is 3.43. The van der Waals surface area contributed by atoms with Gasteiger partial charge in [-0.1, -0.05) is 74.5 Å². The van der Waals surface area contributed by atoms with Gasteiger partial charge >= 0.3 is 0 Å². The van der Waals surface area contributed by atoms with Crippen molar-refractivity contribution in [1.82, 2.24) is 10.6 Å². The standard InChI is InChI=1S/C25H34N2O3/c1-19(2)16-23(27-24(29)15-9-14-20-10-5-3-6-11-20)25(30)26-22(18-28)17-21-12-7-4-8-13-21/h3-8,10-13,19,22-23,28H,9,14-18H2,1-2H3,(H,26,30)(H,27,29)/t22-,23-/m0/s1. The largest absolute Gasteiger partial charge is 0.394 e. The van der Waals surface area contributed by atoms with Gasteiger partial charge in [-0.2, -0.15) is 0 Å². The van der Waals surface area contributed by atoms with Gasteiger partial charge in [-0.15, -0.1) is 0 Å². The van der Waals surface area contributed by atoms with Gasteiger partial charge in [0.15, 0.2) is 0 Å². The minimum Gasteiger partial charge on any atom is -0.394 e. The second kappa shape index (κ2) is 12.8. The van der Waals surface area contributed by atoms with E-state index in [4.69, 9.17) is 0 Å². The maximum Gasteiger partial charge on any atom is 0.242 e. The Kier molecular flexibility index (Phi) is 10.1. The monoisotopic (exact) mass is 410 g/mol. The molecule has 5 heteroatoms. The van der Waals surface area contributed by atoms with Gasteiger partial charge in [0.1, 0.15) is 6.04 Å². The van der Waals surface area contributed by atoms with Crippen LogP contribution in [-0.4, -0.2) is 35.6 Å². The first-order chi connectivity index (χ1) is 14.5. The van der Waals surface area contributed by atoms with E-state index in [0.717, 1.165) is 18.4 Å². The van der Waals surface area contributed by atoms with E-state index in [1.54, 1.807) is 0 Å². The molecule has 2 atom stereocenters. The number of nitrogens with one attached hydrogen (secondary N) is 2. The molecule has 5 nitrogen and oxygen atoms in total. The van der Waals surface area contributed by atoms with E-state index in [-0.39, 0.29) is 30.4 Å². The van der Waals surface area contributed by atoms with Crippen LogP contribution >= 0.6 is 0 Å². The third-order valence-corrected chi connectivity index (χ3v) is 4.96. The second-order valence-corrected chi connectivity index (χ2v) is 8.17. The van der Waals surface area contributed by atoms with Crippen LogP contribution in [0.3, 0.4) is 0 Å². The van der Waals surface area contributed by atoms with Gasteiger partial charge in [0.2, 0.25) is 11.8 Å². The van der Waals surface area contributed by atoms with Gasteiger partial charge in [-0.3, -0.25) is 9.59 Å². The molecule has 0 bridgehead atoms. The van der Waals surface area contributed by atoms with Crippen LogP contribution in [0.2, 0.25) is 0 Å². The minimum atomic E-state index is -0.598. The zero-order valence-electron chi connectivity index (χ0n) is 18.0. The molecule has 30 heavy (non-hydrogen) atoms. The number of carbonyl (C=O) groups excluding carboxylic acids is 2. The highest BCUT2D eigenvalue weighted by molar-refractivity contribution is 5.87. The second-order valence-electron chi connectivity index (χ2n) is 8.17. The first-order valence-electron chi connectivity index (χ1n) is 10.8. The van der Waals surface area contributed by atoms with Gasteiger partial charge < -0.3 is 15.7 Å². The van der Waals surface area contributed by atoms with Crippen molar-refractivity contribution in [2.24, 2.45) is 5.92 Å². The van der Waals surface area contributed by atoms with E-state index in [1.165, 1.54) is 5.56 Å². The Hall–Kier alpha value is -2.66. The smallest absolute Gasteiger partial charge is 0.242 e. The van der Waals surface area contributed by atoms with Crippen LogP contribution in [0.15, 0.2) is 60.7 Å². The van der Waals surface area contributed by atoms with E-state index in [9.17, 15) is 14.7 Å². The number of hydrogen-bond acceptors (Lipinski definition) is 3. The number of rotatable bonds is 12. The maximum atomic E-state index is 12.8. The van der Waals surface area contributed by atoms with Crippen molar-refractivity contribution >= 4 is 11.8 Å². The molecule has 0 aliphatic carbocycles. The molecule has 0 aliphatic rings. The molecule has 2 amide bonds. The highest BCUT2D eigenvalue weighted by Gasteiger charge is 2.24. The summed E-state index contributed by atoms with van der Waals surface area (Å²) in [6, 6.07) is 18.8. The van der Waals surface area contributed by atoms with E-state index in [0.29, 0.717) is 19.3 Å². The van der Waals surface area contributed by atoms with E-state index in [2.05, 4.69) is 22.8 Å². The quantitative estimate of drug-likeness (QED) is 0.503. The summed E-state index contributed by atoms with van der Waals surface area (Å²) in [4.78, 5) is 25.3. The van der Waals surface area contributed by atoms with Crippen molar-refractivity contribution in [3.05, 3.63) is 71.8 Å². The maximum absolute atomic E-state index is 12.8. The fourth-order valence-corrected chi connectivity index (χ4v) is 3.43. The van der Waals surface area contributed by atoms with Crippen molar-refractivity contribution in [3.8, 4) is 0 Å². The average molecular weight is 411 g/mol. The number of amides is 2. The average Bonchev–Trinajstić information content (AvgIpc) is 2.74.